The van der Waals surface area contributed by atoms with Crippen LogP contribution in [0.3, 0.4) is 0 Å². The minimum atomic E-state index is -0.372. The number of allylic oxidation sites excluding steroid dienone is 2. The first-order valence-electron chi connectivity index (χ1n) is 23.8. The van der Waals surface area contributed by atoms with Crippen molar-refractivity contribution >= 4 is 45.9 Å². The standard InChI is InChI=1S/C48H47N5.C3H6.3C2H6.C2H4/c1-7-9-15-35-27-37(20-19-30(35)3)46-49-45(36-22-21-33(14-8-2)31(4)26-36)50-47(51-46)53-41-28-40-32(5)29-52(38-17-11-10-12-18-38)44(40)39-24-23-34-16-13-25-48(53,6)43(34)42(39)41;1-3-2;4*1-2/h8,10-14,16-24,26-28,32H,7,9,15,25,29H2,1-6H3;3H,1H2,2H3;3*1-2H3;1-2H2/b14-8-;;;;;. The molecule has 0 N–H and O–H groups in total. The van der Waals surface area contributed by atoms with Crippen LogP contribution in [0, 0.1) is 13.8 Å². The zero-order chi connectivity index (χ0) is 47.1. The zero-order valence-corrected chi connectivity index (χ0v) is 41.4. The predicted octanol–water partition coefficient (Wildman–Crippen LogP) is 17.5. The molecule has 0 saturated heterocycles. The molecule has 2 aliphatic heterocycles. The van der Waals surface area contributed by atoms with Crippen LogP contribution >= 0.6 is 0 Å². The lowest BCUT2D eigenvalue weighted by atomic mass is 9.80. The molecule has 0 bridgehead atoms. The Morgan fingerprint density at radius 1 is 0.797 bits per heavy atom. The highest BCUT2D eigenvalue weighted by atomic mass is 15.3. The Morgan fingerprint density at radius 2 is 1.44 bits per heavy atom. The molecule has 1 aromatic heterocycles. The average Bonchev–Trinajstić information content (AvgIpc) is 3.82. The molecule has 0 saturated carbocycles. The molecule has 3 aliphatic rings. The van der Waals surface area contributed by atoms with E-state index in [1.54, 1.807) is 6.08 Å². The van der Waals surface area contributed by atoms with Crippen LogP contribution in [-0.2, 0) is 12.0 Å². The van der Waals surface area contributed by atoms with E-state index < -0.39 is 0 Å². The van der Waals surface area contributed by atoms with Crippen LogP contribution in [0.4, 0.5) is 23.0 Å². The Morgan fingerprint density at radius 3 is 2.06 bits per heavy atom. The molecular weight excluding hydrogens is 779 g/mol. The largest absolute Gasteiger partial charge is 0.340 e. The Kier molecular flexibility index (Phi) is 18.6. The van der Waals surface area contributed by atoms with Crippen LogP contribution in [0.25, 0.3) is 45.7 Å². The van der Waals surface area contributed by atoms with Gasteiger partial charge in [-0.2, -0.15) is 9.97 Å². The highest BCUT2D eigenvalue weighted by Gasteiger charge is 2.48. The summed E-state index contributed by atoms with van der Waals surface area (Å²) in [4.78, 5) is 21.1. The van der Waals surface area contributed by atoms with Crippen LogP contribution in [0.2, 0.25) is 0 Å². The van der Waals surface area contributed by atoms with Gasteiger partial charge in [-0.05, 0) is 123 Å². The van der Waals surface area contributed by atoms with Crippen molar-refractivity contribution in [3.8, 4) is 22.8 Å². The molecule has 5 aromatic carbocycles. The van der Waals surface area contributed by atoms with Gasteiger partial charge in [0, 0.05) is 40.0 Å². The third-order valence-corrected chi connectivity index (χ3v) is 11.8. The molecule has 1 aliphatic carbocycles. The number of aromatic nitrogens is 3. The maximum Gasteiger partial charge on any atom is 0.234 e. The molecule has 5 heteroatoms. The molecule has 2 unspecified atom stereocenters. The van der Waals surface area contributed by atoms with Gasteiger partial charge in [0.15, 0.2) is 11.6 Å². The zero-order valence-electron chi connectivity index (χ0n) is 41.4. The number of fused-ring (bicyclic) bond motifs is 2. The predicted molar refractivity (Wildman–Crippen MR) is 284 cm³/mol. The van der Waals surface area contributed by atoms with Crippen molar-refractivity contribution in [3.63, 3.8) is 0 Å². The fourth-order valence-corrected chi connectivity index (χ4v) is 9.07. The minimum Gasteiger partial charge on any atom is -0.340 e. The summed E-state index contributed by atoms with van der Waals surface area (Å²) in [6, 6.07) is 31.3. The monoisotopic (exact) mass is 854 g/mol. The summed E-state index contributed by atoms with van der Waals surface area (Å²) in [7, 11) is 0. The molecule has 336 valence electrons. The van der Waals surface area contributed by atoms with Crippen molar-refractivity contribution in [2.24, 2.45) is 0 Å². The molecule has 0 radical (unpaired) electrons. The third-order valence-electron chi connectivity index (χ3n) is 11.8. The van der Waals surface area contributed by atoms with Gasteiger partial charge in [-0.25, -0.2) is 4.98 Å². The third kappa shape index (κ3) is 9.84. The summed E-state index contributed by atoms with van der Waals surface area (Å²) in [5.74, 6) is 2.47. The van der Waals surface area contributed by atoms with Gasteiger partial charge in [0.1, 0.15) is 0 Å². The first-order valence-corrected chi connectivity index (χ1v) is 23.8. The van der Waals surface area contributed by atoms with E-state index in [0.29, 0.717) is 23.5 Å². The number of nitrogens with zero attached hydrogens (tertiary/aromatic N) is 5. The number of rotatable bonds is 8. The molecule has 6 aromatic rings. The molecule has 0 amide bonds. The smallest absolute Gasteiger partial charge is 0.234 e. The van der Waals surface area contributed by atoms with Crippen molar-refractivity contribution in [1.82, 2.24) is 15.0 Å². The van der Waals surface area contributed by atoms with Gasteiger partial charge < -0.3 is 4.90 Å². The average molecular weight is 854 g/mol. The van der Waals surface area contributed by atoms with Crippen LogP contribution in [0.1, 0.15) is 140 Å². The van der Waals surface area contributed by atoms with E-state index in [1.807, 2.05) is 48.5 Å². The Balaban J connectivity index is 0.000000756. The maximum absolute atomic E-state index is 5.43. The first kappa shape index (κ1) is 50.6. The fourth-order valence-electron chi connectivity index (χ4n) is 9.07. The number of anilines is 4. The Bertz CT molecular complexity index is 2550. The number of benzene rings is 5. The van der Waals surface area contributed by atoms with E-state index in [9.17, 15) is 0 Å². The molecule has 0 fully saturated rings. The van der Waals surface area contributed by atoms with Crippen LogP contribution in [0.15, 0.2) is 123 Å². The summed E-state index contributed by atoms with van der Waals surface area (Å²) in [5.41, 5.74) is 14.5. The van der Waals surface area contributed by atoms with E-state index in [1.165, 1.54) is 66.8 Å². The second-order valence-electron chi connectivity index (χ2n) is 15.9. The van der Waals surface area contributed by atoms with Crippen molar-refractivity contribution in [1.29, 1.82) is 0 Å². The number of para-hydroxylation sites is 1. The number of unbranched alkanes of at least 4 members (excludes halogenated alkanes) is 1. The highest BCUT2D eigenvalue weighted by molar-refractivity contribution is 6.13. The topological polar surface area (TPSA) is 45.2 Å². The van der Waals surface area contributed by atoms with E-state index in [4.69, 9.17) is 15.0 Å². The number of hydrogen-bond acceptors (Lipinski definition) is 5. The summed E-state index contributed by atoms with van der Waals surface area (Å²) in [6.07, 6.45) is 14.8. The summed E-state index contributed by atoms with van der Waals surface area (Å²) in [6.45, 7) is 37.6. The Labute approximate surface area is 387 Å². The normalized spacial score (nSPS) is 15.9. The first-order chi connectivity index (χ1) is 31.2. The lowest BCUT2D eigenvalue weighted by Crippen LogP contribution is -2.39. The molecule has 2 atom stereocenters. The fraction of sp³-hybridized carbons (Fsp3) is 0.339. The lowest BCUT2D eigenvalue weighted by Gasteiger charge is -2.38. The minimum absolute atomic E-state index is 0.364. The number of hydrogen-bond donors (Lipinski definition) is 0. The number of aryl methyl sites for hydroxylation is 3. The quantitative estimate of drug-likeness (QED) is 0.143. The molecular formula is C59H75N5. The summed E-state index contributed by atoms with van der Waals surface area (Å²) >= 11 is 0. The van der Waals surface area contributed by atoms with E-state index in [-0.39, 0.29) is 5.54 Å². The van der Waals surface area contributed by atoms with Crippen molar-refractivity contribution in [2.45, 2.75) is 127 Å². The van der Waals surface area contributed by atoms with Gasteiger partial charge in [-0.15, -0.1) is 19.7 Å². The molecule has 64 heavy (non-hydrogen) atoms. The van der Waals surface area contributed by atoms with Crippen LogP contribution in [0.5, 0.6) is 0 Å². The van der Waals surface area contributed by atoms with Crippen molar-refractivity contribution in [3.05, 3.63) is 162 Å². The summed E-state index contributed by atoms with van der Waals surface area (Å²) in [5, 5.41) is 2.62. The maximum atomic E-state index is 5.43. The van der Waals surface area contributed by atoms with Crippen LogP contribution in [-0.4, -0.2) is 21.5 Å². The van der Waals surface area contributed by atoms with Crippen molar-refractivity contribution < 1.29 is 0 Å². The van der Waals surface area contributed by atoms with E-state index >= 15 is 0 Å². The van der Waals surface area contributed by atoms with Gasteiger partial charge in [0.2, 0.25) is 5.95 Å². The second-order valence-corrected chi connectivity index (χ2v) is 15.9. The molecule has 0 spiro atoms. The van der Waals surface area contributed by atoms with Gasteiger partial charge in [0.05, 0.1) is 16.9 Å². The SMILES string of the molecule is C/C=C\c1ccc(-c2nc(-c3ccc(C)c(CCCC)c3)nc(N3c4cc5c(c6ccc7c(c46)C3(C)CC=C7)N(c3ccccc3)CC5C)n2)cc1C.C=C.C=CC.CC.CC.CC. The highest BCUT2D eigenvalue weighted by Crippen LogP contribution is 2.59. The van der Waals surface area contributed by atoms with E-state index in [2.05, 4.69) is 180 Å². The van der Waals surface area contributed by atoms with Crippen molar-refractivity contribution in [2.75, 3.05) is 16.3 Å². The molecule has 3 heterocycles. The molecule has 9 rings (SSSR count). The van der Waals surface area contributed by atoms with Gasteiger partial charge in [-0.1, -0.05) is 147 Å². The Hall–Kier alpha value is -6.07. The van der Waals surface area contributed by atoms with Crippen LogP contribution < -0.4 is 9.80 Å². The van der Waals surface area contributed by atoms with E-state index in [0.717, 1.165) is 43.4 Å². The van der Waals surface area contributed by atoms with Gasteiger partial charge in [0.25, 0.3) is 0 Å². The molecule has 5 nitrogen and oxygen atoms in total. The lowest BCUT2D eigenvalue weighted by molar-refractivity contribution is 0.492. The van der Waals surface area contributed by atoms with Gasteiger partial charge >= 0.3 is 0 Å². The summed E-state index contributed by atoms with van der Waals surface area (Å²) < 4.78 is 0. The second kappa shape index (κ2) is 23.6. The van der Waals surface area contributed by atoms with Gasteiger partial charge in [-0.3, -0.25) is 4.90 Å².